The molecular weight excluding hydrogens is 348 g/mol. The lowest BCUT2D eigenvalue weighted by atomic mass is 9.89. The fourth-order valence-electron chi connectivity index (χ4n) is 3.28. The summed E-state index contributed by atoms with van der Waals surface area (Å²) < 4.78 is 15.5. The third kappa shape index (κ3) is 2.82. The Bertz CT molecular complexity index is 953. The van der Waals surface area contributed by atoms with Crippen LogP contribution >= 0.6 is 11.5 Å². The number of benzene rings is 2. The molecule has 2 heterocycles. The number of carbonyl (C=O) groups excluding carboxylic acids is 1. The molecule has 0 aliphatic carbocycles. The molecule has 0 bridgehead atoms. The Morgan fingerprint density at radius 1 is 1.12 bits per heavy atom. The lowest BCUT2D eigenvalue weighted by Gasteiger charge is -2.24. The minimum Gasteiger partial charge on any atom is -0.497 e. The Morgan fingerprint density at radius 2 is 1.92 bits per heavy atom. The van der Waals surface area contributed by atoms with Gasteiger partial charge in [-0.15, -0.1) is 0 Å². The molecule has 26 heavy (non-hydrogen) atoms. The van der Waals surface area contributed by atoms with Gasteiger partial charge in [0.05, 0.1) is 24.8 Å². The molecule has 4 rings (SSSR count). The molecule has 0 unspecified atom stereocenters. The van der Waals surface area contributed by atoms with Gasteiger partial charge in [0.1, 0.15) is 17.2 Å². The largest absolute Gasteiger partial charge is 0.497 e. The second-order valence-electron chi connectivity index (χ2n) is 6.05. The van der Waals surface area contributed by atoms with Gasteiger partial charge in [0.15, 0.2) is 0 Å². The van der Waals surface area contributed by atoms with Gasteiger partial charge in [-0.1, -0.05) is 36.4 Å². The van der Waals surface area contributed by atoms with Crippen LogP contribution in [-0.4, -0.2) is 24.5 Å². The number of hydrogen-bond acceptors (Lipinski definition) is 5. The topological polar surface area (TPSA) is 60.5 Å². The van der Waals surface area contributed by atoms with E-state index >= 15 is 0 Å². The van der Waals surface area contributed by atoms with Gasteiger partial charge in [-0.25, -0.2) is 0 Å². The van der Waals surface area contributed by atoms with E-state index in [0.717, 1.165) is 33.1 Å². The minimum absolute atomic E-state index is 0.0160. The van der Waals surface area contributed by atoms with Crippen LogP contribution in [0.15, 0.2) is 48.5 Å². The molecule has 1 aromatic heterocycles. The standard InChI is InChI=1S/C20H18N2O3S/c1-24-13-8-9-14(16(10-13)25-2)15-11-17(23)21-19-18(22-26-20(15)19)12-6-4-3-5-7-12/h3-10,15H,11H2,1-2H3,(H,21,23)/t15-/m0/s1. The summed E-state index contributed by atoms with van der Waals surface area (Å²) in [6.07, 6.45) is 0.367. The van der Waals surface area contributed by atoms with Gasteiger partial charge in [0.2, 0.25) is 5.91 Å². The Hall–Kier alpha value is -2.86. The van der Waals surface area contributed by atoms with Crippen LogP contribution in [0.25, 0.3) is 11.3 Å². The zero-order chi connectivity index (χ0) is 18.1. The first kappa shape index (κ1) is 16.6. The molecule has 0 saturated carbocycles. The lowest BCUT2D eigenvalue weighted by Crippen LogP contribution is -2.22. The highest BCUT2D eigenvalue weighted by atomic mass is 32.1. The van der Waals surface area contributed by atoms with Crippen molar-refractivity contribution >= 4 is 23.1 Å². The van der Waals surface area contributed by atoms with Crippen LogP contribution < -0.4 is 14.8 Å². The average molecular weight is 366 g/mol. The zero-order valence-corrected chi connectivity index (χ0v) is 15.3. The molecule has 5 nitrogen and oxygen atoms in total. The second-order valence-corrected chi connectivity index (χ2v) is 6.85. The van der Waals surface area contributed by atoms with Crippen LogP contribution in [0, 0.1) is 0 Å². The summed E-state index contributed by atoms with van der Waals surface area (Å²) >= 11 is 1.43. The SMILES string of the molecule is COc1ccc([C@@H]2CC(=O)Nc3c(-c4ccccc4)nsc32)c(OC)c1. The van der Waals surface area contributed by atoms with Crippen molar-refractivity contribution in [1.29, 1.82) is 0 Å². The number of methoxy groups -OCH3 is 2. The van der Waals surface area contributed by atoms with E-state index in [2.05, 4.69) is 9.69 Å². The van der Waals surface area contributed by atoms with Gasteiger partial charge in [-0.3, -0.25) is 4.79 Å². The molecule has 1 aliphatic rings. The maximum absolute atomic E-state index is 12.4. The van der Waals surface area contributed by atoms with Crippen molar-refractivity contribution in [2.45, 2.75) is 12.3 Å². The molecule has 132 valence electrons. The molecule has 0 fully saturated rings. The number of nitrogens with one attached hydrogen (secondary N) is 1. The fourth-order valence-corrected chi connectivity index (χ4v) is 4.24. The molecule has 0 spiro atoms. The maximum atomic E-state index is 12.4. The van der Waals surface area contributed by atoms with Gasteiger partial charge in [-0.05, 0) is 17.6 Å². The van der Waals surface area contributed by atoms with Gasteiger partial charge in [0.25, 0.3) is 0 Å². The van der Waals surface area contributed by atoms with Crippen molar-refractivity contribution in [3.8, 4) is 22.8 Å². The molecule has 2 aromatic carbocycles. The van der Waals surface area contributed by atoms with Crippen molar-refractivity contribution in [1.82, 2.24) is 4.37 Å². The second kappa shape index (κ2) is 6.80. The smallest absolute Gasteiger partial charge is 0.225 e. The van der Waals surface area contributed by atoms with Crippen LogP contribution in [-0.2, 0) is 4.79 Å². The van der Waals surface area contributed by atoms with E-state index in [1.54, 1.807) is 14.2 Å². The number of hydrogen-bond donors (Lipinski definition) is 1. The number of anilines is 1. The Kier molecular flexibility index (Phi) is 4.34. The minimum atomic E-state index is -0.0884. The number of nitrogens with zero attached hydrogens (tertiary/aromatic N) is 1. The van der Waals surface area contributed by atoms with Gasteiger partial charge < -0.3 is 14.8 Å². The molecule has 1 N–H and O–H groups in total. The molecule has 1 amide bonds. The van der Waals surface area contributed by atoms with E-state index in [1.807, 2.05) is 48.5 Å². The van der Waals surface area contributed by atoms with E-state index in [-0.39, 0.29) is 11.8 Å². The van der Waals surface area contributed by atoms with Crippen LogP contribution in [0.1, 0.15) is 22.8 Å². The molecule has 0 radical (unpaired) electrons. The van der Waals surface area contributed by atoms with Gasteiger partial charge >= 0.3 is 0 Å². The molecule has 6 heteroatoms. The van der Waals surface area contributed by atoms with Crippen molar-refractivity contribution in [2.24, 2.45) is 0 Å². The summed E-state index contributed by atoms with van der Waals surface area (Å²) in [4.78, 5) is 13.5. The van der Waals surface area contributed by atoms with Crippen molar-refractivity contribution in [3.05, 3.63) is 59.0 Å². The number of aromatic nitrogens is 1. The van der Waals surface area contributed by atoms with E-state index in [0.29, 0.717) is 12.2 Å². The summed E-state index contributed by atoms with van der Waals surface area (Å²) in [5.74, 6) is 1.33. The van der Waals surface area contributed by atoms with Crippen molar-refractivity contribution < 1.29 is 14.3 Å². The van der Waals surface area contributed by atoms with Crippen LogP contribution in [0.3, 0.4) is 0 Å². The lowest BCUT2D eigenvalue weighted by molar-refractivity contribution is -0.116. The quantitative estimate of drug-likeness (QED) is 0.748. The molecule has 1 aliphatic heterocycles. The molecular formula is C20H18N2O3S. The van der Waals surface area contributed by atoms with Crippen molar-refractivity contribution in [2.75, 3.05) is 19.5 Å². The van der Waals surface area contributed by atoms with E-state index in [1.165, 1.54) is 11.5 Å². The van der Waals surface area contributed by atoms with E-state index in [4.69, 9.17) is 9.47 Å². The number of ether oxygens (including phenoxy) is 2. The number of rotatable bonds is 4. The van der Waals surface area contributed by atoms with Gasteiger partial charge in [0, 0.05) is 29.5 Å². The van der Waals surface area contributed by atoms with Gasteiger partial charge in [-0.2, -0.15) is 4.37 Å². The number of fused-ring (bicyclic) bond motifs is 1. The predicted octanol–water partition coefficient (Wildman–Crippen LogP) is 4.30. The summed E-state index contributed by atoms with van der Waals surface area (Å²) in [6.45, 7) is 0. The number of carbonyl (C=O) groups is 1. The highest BCUT2D eigenvalue weighted by Crippen LogP contribution is 2.47. The Balaban J connectivity index is 1.82. The average Bonchev–Trinajstić information content (AvgIpc) is 3.11. The first-order chi connectivity index (χ1) is 12.7. The fraction of sp³-hybridized carbons (Fsp3) is 0.200. The third-order valence-corrected chi connectivity index (χ3v) is 5.51. The molecule has 3 aromatic rings. The Morgan fingerprint density at radius 3 is 2.65 bits per heavy atom. The zero-order valence-electron chi connectivity index (χ0n) is 14.5. The summed E-state index contributed by atoms with van der Waals surface area (Å²) in [5.41, 5.74) is 3.58. The predicted molar refractivity (Wildman–Crippen MR) is 102 cm³/mol. The summed E-state index contributed by atoms with van der Waals surface area (Å²) in [6, 6.07) is 15.6. The normalized spacial score (nSPS) is 15.9. The molecule has 1 atom stereocenters. The van der Waals surface area contributed by atoms with E-state index in [9.17, 15) is 4.79 Å². The van der Waals surface area contributed by atoms with Crippen molar-refractivity contribution in [3.63, 3.8) is 0 Å². The summed E-state index contributed by atoms with van der Waals surface area (Å²) in [5, 5.41) is 3.01. The first-order valence-electron chi connectivity index (χ1n) is 8.28. The molecule has 0 saturated heterocycles. The van der Waals surface area contributed by atoms with Crippen LogP contribution in [0.4, 0.5) is 5.69 Å². The van der Waals surface area contributed by atoms with Crippen LogP contribution in [0.2, 0.25) is 0 Å². The monoisotopic (exact) mass is 366 g/mol. The summed E-state index contributed by atoms with van der Waals surface area (Å²) in [7, 11) is 3.25. The number of amides is 1. The Labute approximate surface area is 155 Å². The third-order valence-electron chi connectivity index (χ3n) is 4.55. The van der Waals surface area contributed by atoms with Crippen LogP contribution in [0.5, 0.6) is 11.5 Å². The first-order valence-corrected chi connectivity index (χ1v) is 9.05. The highest BCUT2D eigenvalue weighted by Gasteiger charge is 2.33. The highest BCUT2D eigenvalue weighted by molar-refractivity contribution is 7.07. The van der Waals surface area contributed by atoms with E-state index < -0.39 is 0 Å². The maximum Gasteiger partial charge on any atom is 0.225 e.